The Hall–Kier alpha value is -2.81. The van der Waals surface area contributed by atoms with Gasteiger partial charge in [-0.25, -0.2) is 18.4 Å². The highest BCUT2D eigenvalue weighted by molar-refractivity contribution is 7.94. The Bertz CT molecular complexity index is 1090. The predicted octanol–water partition coefficient (Wildman–Crippen LogP) is 1.46. The summed E-state index contributed by atoms with van der Waals surface area (Å²) >= 11 is 0. The van der Waals surface area contributed by atoms with Crippen LogP contribution in [0.1, 0.15) is 5.69 Å². The fourth-order valence-electron chi connectivity index (χ4n) is 2.89. The van der Waals surface area contributed by atoms with Crippen molar-refractivity contribution in [1.82, 2.24) is 24.7 Å². The SMILES string of the molecule is Cc1nn(C)c2nc(-c3ccccn3)nc(N[C@@H]3C=CS(=O)(=O)C3)c12. The van der Waals surface area contributed by atoms with Crippen LogP contribution in [0.2, 0.25) is 0 Å². The number of nitrogens with one attached hydrogen (secondary N) is 1. The van der Waals surface area contributed by atoms with Crippen molar-refractivity contribution in [3.8, 4) is 11.5 Å². The summed E-state index contributed by atoms with van der Waals surface area (Å²) in [6.07, 6.45) is 3.31. The summed E-state index contributed by atoms with van der Waals surface area (Å²) in [5, 5.41) is 9.62. The zero-order chi connectivity index (χ0) is 17.6. The number of nitrogens with zero attached hydrogens (tertiary/aromatic N) is 5. The molecule has 1 aliphatic heterocycles. The van der Waals surface area contributed by atoms with Crippen molar-refractivity contribution in [2.45, 2.75) is 13.0 Å². The molecular formula is C16H16N6O2S. The van der Waals surface area contributed by atoms with Crippen LogP contribution in [0.5, 0.6) is 0 Å². The molecule has 0 amide bonds. The first-order chi connectivity index (χ1) is 11.9. The van der Waals surface area contributed by atoms with Crippen LogP contribution in [0.4, 0.5) is 5.82 Å². The van der Waals surface area contributed by atoms with E-state index in [4.69, 9.17) is 0 Å². The van der Waals surface area contributed by atoms with Crippen molar-refractivity contribution in [3.63, 3.8) is 0 Å². The lowest BCUT2D eigenvalue weighted by molar-refractivity contribution is 0.605. The normalized spacial score (nSPS) is 18.7. The summed E-state index contributed by atoms with van der Waals surface area (Å²) in [5.41, 5.74) is 2.08. The highest BCUT2D eigenvalue weighted by atomic mass is 32.2. The van der Waals surface area contributed by atoms with E-state index in [1.807, 2.05) is 32.2 Å². The zero-order valence-corrected chi connectivity index (χ0v) is 14.5. The third-order valence-corrected chi connectivity index (χ3v) is 5.40. The van der Waals surface area contributed by atoms with Gasteiger partial charge in [-0.15, -0.1) is 0 Å². The van der Waals surface area contributed by atoms with Gasteiger partial charge in [-0.2, -0.15) is 5.10 Å². The van der Waals surface area contributed by atoms with Gasteiger partial charge in [0.25, 0.3) is 0 Å². The maximum atomic E-state index is 11.7. The quantitative estimate of drug-likeness (QED) is 0.758. The van der Waals surface area contributed by atoms with Crippen LogP contribution in [0.3, 0.4) is 0 Å². The number of pyridine rings is 1. The Morgan fingerprint density at radius 1 is 1.28 bits per heavy atom. The molecule has 1 aliphatic rings. The summed E-state index contributed by atoms with van der Waals surface area (Å²) < 4.78 is 25.0. The number of hydrogen-bond donors (Lipinski definition) is 1. The number of aryl methyl sites for hydroxylation is 2. The van der Waals surface area contributed by atoms with Gasteiger partial charge < -0.3 is 5.32 Å². The van der Waals surface area contributed by atoms with Gasteiger partial charge in [0.05, 0.1) is 22.9 Å². The van der Waals surface area contributed by atoms with Gasteiger partial charge >= 0.3 is 0 Å². The number of sulfone groups is 1. The minimum Gasteiger partial charge on any atom is -0.362 e. The van der Waals surface area contributed by atoms with E-state index in [1.165, 1.54) is 5.41 Å². The second-order valence-electron chi connectivity index (χ2n) is 5.93. The van der Waals surface area contributed by atoms with Crippen molar-refractivity contribution in [3.05, 3.63) is 41.6 Å². The van der Waals surface area contributed by atoms with Crippen LogP contribution in [-0.4, -0.2) is 44.9 Å². The third kappa shape index (κ3) is 2.86. The lowest BCUT2D eigenvalue weighted by Gasteiger charge is -2.13. The maximum absolute atomic E-state index is 11.7. The molecule has 8 nitrogen and oxygen atoms in total. The molecule has 0 aromatic carbocycles. The monoisotopic (exact) mass is 356 g/mol. The number of fused-ring (bicyclic) bond motifs is 1. The van der Waals surface area contributed by atoms with E-state index in [1.54, 1.807) is 17.0 Å². The van der Waals surface area contributed by atoms with Gasteiger partial charge in [0, 0.05) is 18.7 Å². The van der Waals surface area contributed by atoms with Crippen molar-refractivity contribution in [1.29, 1.82) is 0 Å². The summed E-state index contributed by atoms with van der Waals surface area (Å²) in [6.45, 7) is 1.87. The number of hydrogen-bond acceptors (Lipinski definition) is 7. The molecule has 0 unspecified atom stereocenters. The number of aromatic nitrogens is 5. The van der Waals surface area contributed by atoms with Crippen molar-refractivity contribution in [2.75, 3.05) is 11.1 Å². The molecular weight excluding hydrogens is 340 g/mol. The lowest BCUT2D eigenvalue weighted by Crippen LogP contribution is -2.22. The first-order valence-corrected chi connectivity index (χ1v) is 9.45. The molecule has 1 atom stereocenters. The van der Waals surface area contributed by atoms with Crippen LogP contribution in [0.15, 0.2) is 35.9 Å². The second kappa shape index (κ2) is 5.62. The Morgan fingerprint density at radius 3 is 2.80 bits per heavy atom. The molecule has 0 saturated heterocycles. The van der Waals surface area contributed by atoms with Crippen molar-refractivity contribution in [2.24, 2.45) is 7.05 Å². The van der Waals surface area contributed by atoms with E-state index < -0.39 is 9.84 Å². The van der Waals surface area contributed by atoms with E-state index in [0.717, 1.165) is 11.1 Å². The van der Waals surface area contributed by atoms with Crippen molar-refractivity contribution >= 4 is 26.7 Å². The van der Waals surface area contributed by atoms with Gasteiger partial charge in [0.2, 0.25) is 0 Å². The first kappa shape index (κ1) is 15.7. The first-order valence-electron chi connectivity index (χ1n) is 7.73. The third-order valence-electron chi connectivity index (χ3n) is 4.00. The minimum atomic E-state index is -3.16. The number of anilines is 1. The highest BCUT2D eigenvalue weighted by Gasteiger charge is 2.24. The average molecular weight is 356 g/mol. The lowest BCUT2D eigenvalue weighted by atomic mass is 10.2. The van der Waals surface area contributed by atoms with Gasteiger partial charge in [0.15, 0.2) is 21.3 Å². The molecule has 0 aliphatic carbocycles. The molecule has 128 valence electrons. The predicted molar refractivity (Wildman–Crippen MR) is 94.6 cm³/mol. The summed E-state index contributed by atoms with van der Waals surface area (Å²) in [6, 6.07) is 5.18. The molecule has 1 N–H and O–H groups in total. The Balaban J connectivity index is 1.85. The molecule has 3 aromatic rings. The van der Waals surface area contributed by atoms with E-state index >= 15 is 0 Å². The maximum Gasteiger partial charge on any atom is 0.182 e. The Morgan fingerprint density at radius 2 is 2.12 bits per heavy atom. The molecule has 0 bridgehead atoms. The Kier molecular flexibility index (Phi) is 3.53. The second-order valence-corrected chi connectivity index (χ2v) is 7.86. The van der Waals surface area contributed by atoms with Gasteiger partial charge in [-0.3, -0.25) is 9.67 Å². The molecule has 0 saturated carbocycles. The van der Waals surface area contributed by atoms with Gasteiger partial charge in [-0.05, 0) is 25.1 Å². The topological polar surface area (TPSA) is 103 Å². The van der Waals surface area contributed by atoms with Crippen LogP contribution in [-0.2, 0) is 16.9 Å². The zero-order valence-electron chi connectivity index (χ0n) is 13.7. The fourth-order valence-corrected chi connectivity index (χ4v) is 4.13. The minimum absolute atomic E-state index is 0.0106. The molecule has 0 radical (unpaired) electrons. The number of rotatable bonds is 3. The molecule has 4 rings (SSSR count). The fraction of sp³-hybridized carbons (Fsp3) is 0.250. The molecule has 25 heavy (non-hydrogen) atoms. The van der Waals surface area contributed by atoms with E-state index in [0.29, 0.717) is 23.0 Å². The van der Waals surface area contributed by atoms with E-state index in [-0.39, 0.29) is 11.8 Å². The Labute approximate surface area is 144 Å². The van der Waals surface area contributed by atoms with Gasteiger partial charge in [0.1, 0.15) is 11.5 Å². The molecule has 9 heteroatoms. The largest absolute Gasteiger partial charge is 0.362 e. The van der Waals surface area contributed by atoms with Crippen LogP contribution >= 0.6 is 0 Å². The molecule has 0 fully saturated rings. The summed E-state index contributed by atoms with van der Waals surface area (Å²) in [4.78, 5) is 13.5. The van der Waals surface area contributed by atoms with Crippen molar-refractivity contribution < 1.29 is 8.42 Å². The van der Waals surface area contributed by atoms with Crippen LogP contribution in [0.25, 0.3) is 22.6 Å². The van der Waals surface area contributed by atoms with Crippen LogP contribution in [0, 0.1) is 6.92 Å². The molecule has 3 aromatic heterocycles. The van der Waals surface area contributed by atoms with E-state index in [9.17, 15) is 8.42 Å². The van der Waals surface area contributed by atoms with Crippen LogP contribution < -0.4 is 5.32 Å². The summed E-state index contributed by atoms with van der Waals surface area (Å²) in [7, 11) is -1.34. The average Bonchev–Trinajstić information content (AvgIpc) is 3.07. The molecule has 0 spiro atoms. The smallest absolute Gasteiger partial charge is 0.182 e. The highest BCUT2D eigenvalue weighted by Crippen LogP contribution is 2.27. The van der Waals surface area contributed by atoms with E-state index in [2.05, 4.69) is 25.4 Å². The standard InChI is InChI=1S/C16H16N6O2S/c1-10-13-15(18-11-6-8-25(23,24)9-11)19-14(12-5-3-4-7-17-12)20-16(13)22(2)21-10/h3-8,11H,9H2,1-2H3,(H,18,19,20)/t11-/m1/s1. The summed E-state index contributed by atoms with van der Waals surface area (Å²) in [5.74, 6) is 1.03. The van der Waals surface area contributed by atoms with Gasteiger partial charge in [-0.1, -0.05) is 6.07 Å². The molecule has 4 heterocycles.